The van der Waals surface area contributed by atoms with E-state index >= 15 is 0 Å². The van der Waals surface area contributed by atoms with Crippen LogP contribution in [-0.4, -0.2) is 15.4 Å². The largest absolute Gasteiger partial charge is 2.00 e. The summed E-state index contributed by atoms with van der Waals surface area (Å²) in [5.41, 5.74) is 13.7. The number of para-hydroxylation sites is 2. The number of rotatable bonds is 5. The standard InChI is InChI=1S/C53H46N4O.Pt/c1-33-28-34(2)45(31-39(33)51-55-49(35-18-10-8-11-19-35)50(58-51)36-20-12-9-13-21-36)56-44-25-17-15-23-41(44)53(6,7)42-30-40-38-22-14-16-24-43(38)57(46(40)32-47(42)56)48-29-37(26-27-54-48)52(3,4)5;/h8-30,49-50H,1-7H3;/q-2;+2/t49-,50-;/m1./s1. The van der Waals surface area contributed by atoms with Gasteiger partial charge in [-0.15, -0.1) is 40.3 Å². The predicted octanol–water partition coefficient (Wildman–Crippen LogP) is 13.1. The summed E-state index contributed by atoms with van der Waals surface area (Å²) in [7, 11) is 0. The molecule has 294 valence electrons. The Morgan fingerprint density at radius 2 is 1.36 bits per heavy atom. The second kappa shape index (κ2) is 14.5. The number of pyridine rings is 1. The molecule has 0 unspecified atom stereocenters. The molecule has 5 nitrogen and oxygen atoms in total. The predicted molar refractivity (Wildman–Crippen MR) is 237 cm³/mol. The summed E-state index contributed by atoms with van der Waals surface area (Å²) in [4.78, 5) is 12.7. The molecular weight excluding hydrogens is 904 g/mol. The van der Waals surface area contributed by atoms with Crippen LogP contribution in [0.2, 0.25) is 0 Å². The number of benzene rings is 6. The molecule has 0 aliphatic carbocycles. The minimum atomic E-state index is -0.313. The average molecular weight is 950 g/mol. The Balaban J connectivity index is 0.00000449. The van der Waals surface area contributed by atoms with Crippen LogP contribution in [0, 0.1) is 26.0 Å². The second-order valence-corrected chi connectivity index (χ2v) is 17.4. The van der Waals surface area contributed by atoms with Gasteiger partial charge < -0.3 is 14.2 Å². The number of ether oxygens (including phenoxy) is 1. The van der Waals surface area contributed by atoms with E-state index in [1.54, 1.807) is 0 Å². The van der Waals surface area contributed by atoms with Gasteiger partial charge in [-0.1, -0.05) is 162 Å². The zero-order valence-electron chi connectivity index (χ0n) is 34.4. The summed E-state index contributed by atoms with van der Waals surface area (Å²) in [6, 6.07) is 55.2. The normalized spacial score (nSPS) is 16.9. The molecule has 2 aliphatic rings. The van der Waals surface area contributed by atoms with Gasteiger partial charge in [0.05, 0.1) is 0 Å². The molecule has 6 heteroatoms. The van der Waals surface area contributed by atoms with Gasteiger partial charge >= 0.3 is 21.1 Å². The second-order valence-electron chi connectivity index (χ2n) is 17.4. The van der Waals surface area contributed by atoms with Gasteiger partial charge in [0, 0.05) is 17.4 Å². The number of fused-ring (bicyclic) bond motifs is 5. The number of hydrogen-bond donors (Lipinski definition) is 0. The molecule has 0 saturated carbocycles. The molecule has 0 N–H and O–H groups in total. The molecule has 8 aromatic rings. The average Bonchev–Trinajstić information content (AvgIpc) is 3.81. The van der Waals surface area contributed by atoms with E-state index in [4.69, 9.17) is 14.7 Å². The number of aryl methyl sites for hydroxylation is 2. The van der Waals surface area contributed by atoms with Crippen LogP contribution >= 0.6 is 0 Å². The first-order valence-corrected chi connectivity index (χ1v) is 20.2. The van der Waals surface area contributed by atoms with Crippen molar-refractivity contribution >= 4 is 44.8 Å². The van der Waals surface area contributed by atoms with Crippen molar-refractivity contribution in [1.29, 1.82) is 0 Å². The summed E-state index contributed by atoms with van der Waals surface area (Å²) in [5, 5.41) is 2.33. The number of aliphatic imine (C=N–C) groups is 1. The maximum Gasteiger partial charge on any atom is 2.00 e. The summed E-state index contributed by atoms with van der Waals surface area (Å²) in [6.45, 7) is 15.7. The van der Waals surface area contributed by atoms with Crippen LogP contribution < -0.4 is 4.90 Å². The van der Waals surface area contributed by atoms with Gasteiger partial charge in [-0.3, -0.25) is 4.99 Å². The molecule has 0 fully saturated rings. The summed E-state index contributed by atoms with van der Waals surface area (Å²) in [5.74, 6) is 1.49. The van der Waals surface area contributed by atoms with Crippen molar-refractivity contribution in [2.45, 2.75) is 71.4 Å². The number of hydrogen-bond acceptors (Lipinski definition) is 4. The number of aromatic nitrogens is 2. The van der Waals surface area contributed by atoms with Gasteiger partial charge in [0.25, 0.3) is 0 Å². The number of nitrogens with zero attached hydrogens (tertiary/aromatic N) is 4. The zero-order chi connectivity index (χ0) is 39.9. The molecule has 0 amide bonds. The van der Waals surface area contributed by atoms with E-state index in [-0.39, 0.29) is 44.0 Å². The van der Waals surface area contributed by atoms with Crippen LogP contribution in [0.25, 0.3) is 27.6 Å². The minimum absolute atomic E-state index is 0. The van der Waals surface area contributed by atoms with Gasteiger partial charge in [0.2, 0.25) is 0 Å². The molecule has 0 radical (unpaired) electrons. The van der Waals surface area contributed by atoms with Crippen LogP contribution in [0.4, 0.5) is 17.1 Å². The summed E-state index contributed by atoms with van der Waals surface area (Å²) in [6.07, 6.45) is 1.67. The smallest absolute Gasteiger partial charge is 0.510 e. The van der Waals surface area contributed by atoms with Crippen LogP contribution in [0.5, 0.6) is 0 Å². The molecule has 59 heavy (non-hydrogen) atoms. The van der Waals surface area contributed by atoms with Crippen LogP contribution in [0.3, 0.4) is 0 Å². The van der Waals surface area contributed by atoms with Crippen molar-refractivity contribution in [2.75, 3.05) is 4.90 Å². The fourth-order valence-electron chi connectivity index (χ4n) is 9.08. The minimum Gasteiger partial charge on any atom is -0.510 e. The molecule has 2 aliphatic heterocycles. The molecule has 6 aromatic carbocycles. The van der Waals surface area contributed by atoms with Crippen molar-refractivity contribution in [3.05, 3.63) is 196 Å². The van der Waals surface area contributed by atoms with E-state index in [1.165, 1.54) is 22.1 Å². The van der Waals surface area contributed by atoms with E-state index in [9.17, 15) is 0 Å². The third-order valence-electron chi connectivity index (χ3n) is 12.2. The fraction of sp³-hybridized carbons (Fsp3) is 0.208. The van der Waals surface area contributed by atoms with Gasteiger partial charge in [0.1, 0.15) is 23.9 Å². The van der Waals surface area contributed by atoms with Gasteiger partial charge in [-0.05, 0) is 68.4 Å². The molecule has 10 rings (SSSR count). The molecule has 2 aromatic heterocycles. The quantitative estimate of drug-likeness (QED) is 0.161. The van der Waals surface area contributed by atoms with Crippen molar-refractivity contribution in [3.8, 4) is 5.82 Å². The molecule has 0 spiro atoms. The number of anilines is 3. The molecule has 0 saturated heterocycles. The Morgan fingerprint density at radius 1 is 0.678 bits per heavy atom. The summed E-state index contributed by atoms with van der Waals surface area (Å²) >= 11 is 0. The Bertz CT molecular complexity index is 2920. The Kier molecular flexibility index (Phi) is 9.52. The third kappa shape index (κ3) is 6.33. The van der Waals surface area contributed by atoms with E-state index in [0.29, 0.717) is 5.90 Å². The van der Waals surface area contributed by atoms with Crippen molar-refractivity contribution in [2.24, 2.45) is 4.99 Å². The maximum absolute atomic E-state index is 6.91. The van der Waals surface area contributed by atoms with E-state index in [1.807, 2.05) is 18.3 Å². The van der Waals surface area contributed by atoms with Gasteiger partial charge in [0.15, 0.2) is 0 Å². The maximum atomic E-state index is 6.91. The van der Waals surface area contributed by atoms with Crippen LogP contribution in [0.1, 0.15) is 91.3 Å². The summed E-state index contributed by atoms with van der Waals surface area (Å²) < 4.78 is 9.20. The monoisotopic (exact) mass is 949 g/mol. The van der Waals surface area contributed by atoms with Crippen LogP contribution in [0.15, 0.2) is 145 Å². The van der Waals surface area contributed by atoms with Crippen LogP contribution in [-0.2, 0) is 36.6 Å². The van der Waals surface area contributed by atoms with Gasteiger partial charge in [-0.25, -0.2) is 4.98 Å². The Morgan fingerprint density at radius 3 is 2.10 bits per heavy atom. The first-order chi connectivity index (χ1) is 28.0. The van der Waals surface area contributed by atoms with Crippen molar-refractivity contribution in [1.82, 2.24) is 9.55 Å². The third-order valence-corrected chi connectivity index (χ3v) is 12.2. The first-order valence-electron chi connectivity index (χ1n) is 20.2. The Hall–Kier alpha value is -5.77. The van der Waals surface area contributed by atoms with E-state index in [2.05, 4.69) is 191 Å². The molecular formula is C53H46N4OPt. The molecule has 4 heterocycles. The molecule has 2 atom stereocenters. The van der Waals surface area contributed by atoms with E-state index < -0.39 is 0 Å². The topological polar surface area (TPSA) is 42.7 Å². The van der Waals surface area contributed by atoms with Crippen molar-refractivity contribution < 1.29 is 25.8 Å². The van der Waals surface area contributed by atoms with Crippen molar-refractivity contribution in [3.63, 3.8) is 0 Å². The first kappa shape index (κ1) is 38.7. The SMILES string of the molecule is Cc1cc(C)c(N2c3[c-]c4c(cc3C(C)(C)c3ccccc32)c2ccccc2n4-c2cc(C(C)(C)C)ccn2)[c-]c1C1=N[C@H](c2ccccc2)[C@@H](c2ccccc2)O1.[Pt+2]. The Labute approximate surface area is 361 Å². The fourth-order valence-corrected chi connectivity index (χ4v) is 9.08. The van der Waals surface area contributed by atoms with E-state index in [0.717, 1.165) is 67.1 Å². The zero-order valence-corrected chi connectivity index (χ0v) is 36.7. The van der Waals surface area contributed by atoms with Gasteiger partial charge in [-0.2, -0.15) is 6.07 Å². The molecule has 0 bridgehead atoms.